The van der Waals surface area contributed by atoms with Crippen LogP contribution in [0, 0.1) is 17.2 Å². The van der Waals surface area contributed by atoms with E-state index in [1.807, 2.05) is 13.8 Å². The predicted octanol–water partition coefficient (Wildman–Crippen LogP) is 3.48. The number of nitrogens with one attached hydrogen (secondary N) is 1. The summed E-state index contributed by atoms with van der Waals surface area (Å²) in [5, 5.41) is 11.7. The number of amides is 1. The van der Waals surface area contributed by atoms with E-state index in [-0.39, 0.29) is 5.92 Å². The Morgan fingerprint density at radius 2 is 2.14 bits per heavy atom. The molecular formula is C13H14Br2N2O3S. The zero-order valence-electron chi connectivity index (χ0n) is 11.7. The molecule has 0 spiro atoms. The minimum Gasteiger partial charge on any atom is -0.451 e. The third kappa shape index (κ3) is 4.80. The Kier molecular flexibility index (Phi) is 6.38. The van der Waals surface area contributed by atoms with E-state index in [1.165, 1.54) is 11.3 Å². The molecule has 0 aliphatic heterocycles. The fourth-order valence-corrected chi connectivity index (χ4v) is 3.21. The molecule has 1 aromatic rings. The van der Waals surface area contributed by atoms with Crippen molar-refractivity contribution in [2.24, 2.45) is 5.92 Å². The number of nitrogens with zero attached hydrogens (tertiary/aromatic N) is 1. The number of halogens is 2. The molecule has 0 saturated heterocycles. The molecule has 1 atom stereocenters. The zero-order valence-corrected chi connectivity index (χ0v) is 15.7. The molecule has 0 bridgehead atoms. The minimum atomic E-state index is -0.988. The smallest absolute Gasteiger partial charge is 0.348 e. The first-order valence-corrected chi connectivity index (χ1v) is 8.44. The molecule has 1 N–H and O–H groups in total. The molecule has 1 amide bonds. The molecule has 21 heavy (non-hydrogen) atoms. The minimum absolute atomic E-state index is 0.0636. The van der Waals surface area contributed by atoms with Crippen molar-refractivity contribution >= 4 is 55.1 Å². The summed E-state index contributed by atoms with van der Waals surface area (Å²) in [6, 6.07) is 3.67. The van der Waals surface area contributed by atoms with Gasteiger partial charge in [-0.25, -0.2) is 4.79 Å². The highest BCUT2D eigenvalue weighted by molar-refractivity contribution is 9.13. The monoisotopic (exact) mass is 436 g/mol. The number of ether oxygens (including phenoxy) is 1. The van der Waals surface area contributed by atoms with Gasteiger partial charge >= 0.3 is 5.97 Å². The van der Waals surface area contributed by atoms with Gasteiger partial charge in [0.1, 0.15) is 10.4 Å². The molecule has 0 unspecified atom stereocenters. The summed E-state index contributed by atoms with van der Waals surface area (Å²) >= 11 is 7.76. The van der Waals surface area contributed by atoms with Crippen molar-refractivity contribution in [2.45, 2.75) is 26.3 Å². The molecule has 114 valence electrons. The quantitative estimate of drug-likeness (QED) is 0.715. The summed E-state index contributed by atoms with van der Waals surface area (Å²) in [4.78, 5) is 23.9. The summed E-state index contributed by atoms with van der Waals surface area (Å²) in [5.41, 5.74) is -0.988. The third-order valence-electron chi connectivity index (χ3n) is 2.97. The van der Waals surface area contributed by atoms with Crippen LogP contribution in [-0.2, 0) is 9.53 Å². The standard InChI is InChI=1S/C13H14Br2N2O3S/c1-7(2)13(3,6-16)17-10(18)5-20-12(19)9-4-8(14)11(15)21-9/h4,7H,5H2,1-3H3,(H,17,18)/t13-/m0/s1. The second-order valence-corrected chi connectivity index (χ2v) is 8.05. The number of hydrogen-bond donors (Lipinski definition) is 1. The van der Waals surface area contributed by atoms with Gasteiger partial charge in [0.15, 0.2) is 6.61 Å². The normalized spacial score (nSPS) is 13.4. The second kappa shape index (κ2) is 7.38. The van der Waals surface area contributed by atoms with Gasteiger partial charge in [-0.15, -0.1) is 11.3 Å². The Morgan fingerprint density at radius 3 is 2.57 bits per heavy atom. The maximum atomic E-state index is 11.8. The van der Waals surface area contributed by atoms with Crippen LogP contribution in [0.15, 0.2) is 14.3 Å². The van der Waals surface area contributed by atoms with Crippen LogP contribution < -0.4 is 5.32 Å². The average Bonchev–Trinajstić information content (AvgIpc) is 2.75. The first-order chi connectivity index (χ1) is 9.69. The summed E-state index contributed by atoms with van der Waals surface area (Å²) in [6.45, 7) is 4.87. The zero-order chi connectivity index (χ0) is 16.2. The highest BCUT2D eigenvalue weighted by Gasteiger charge is 2.30. The predicted molar refractivity (Wildman–Crippen MR) is 87.0 cm³/mol. The summed E-state index contributed by atoms with van der Waals surface area (Å²) in [5.74, 6) is -1.15. The van der Waals surface area contributed by atoms with Crippen LogP contribution in [0.4, 0.5) is 0 Å². The second-order valence-electron chi connectivity index (χ2n) is 4.83. The van der Waals surface area contributed by atoms with Gasteiger partial charge in [-0.05, 0) is 50.8 Å². The largest absolute Gasteiger partial charge is 0.451 e. The van der Waals surface area contributed by atoms with Gasteiger partial charge in [0.2, 0.25) is 0 Å². The van der Waals surface area contributed by atoms with Crippen LogP contribution in [0.1, 0.15) is 30.4 Å². The van der Waals surface area contributed by atoms with E-state index in [0.717, 1.165) is 8.26 Å². The van der Waals surface area contributed by atoms with Gasteiger partial charge in [-0.1, -0.05) is 13.8 Å². The topological polar surface area (TPSA) is 79.2 Å². The molecule has 1 aromatic heterocycles. The molecule has 8 heteroatoms. The number of carbonyl (C=O) groups excluding carboxylic acids is 2. The van der Waals surface area contributed by atoms with Crippen molar-refractivity contribution in [3.8, 4) is 6.07 Å². The average molecular weight is 438 g/mol. The Hall–Kier alpha value is -0.910. The molecule has 0 aromatic carbocycles. The van der Waals surface area contributed by atoms with Gasteiger partial charge in [0.05, 0.1) is 9.86 Å². The van der Waals surface area contributed by atoms with Gasteiger partial charge in [0, 0.05) is 4.47 Å². The Labute approximate surface area is 143 Å². The molecule has 1 rings (SSSR count). The number of esters is 1. The van der Waals surface area contributed by atoms with Crippen molar-refractivity contribution < 1.29 is 14.3 Å². The number of carbonyl (C=O) groups is 2. The van der Waals surface area contributed by atoms with E-state index in [4.69, 9.17) is 10.00 Å². The number of nitriles is 1. The molecule has 0 aliphatic carbocycles. The Balaban J connectivity index is 2.58. The number of hydrogen-bond acceptors (Lipinski definition) is 5. The molecule has 1 heterocycles. The lowest BCUT2D eigenvalue weighted by molar-refractivity contribution is -0.125. The lowest BCUT2D eigenvalue weighted by Crippen LogP contribution is -2.50. The molecule has 0 radical (unpaired) electrons. The lowest BCUT2D eigenvalue weighted by atomic mass is 9.90. The van der Waals surface area contributed by atoms with Crippen LogP contribution in [0.2, 0.25) is 0 Å². The van der Waals surface area contributed by atoms with E-state index in [1.54, 1.807) is 13.0 Å². The van der Waals surface area contributed by atoms with Crippen LogP contribution in [0.25, 0.3) is 0 Å². The Morgan fingerprint density at radius 1 is 1.52 bits per heavy atom. The van der Waals surface area contributed by atoms with E-state index in [9.17, 15) is 9.59 Å². The van der Waals surface area contributed by atoms with Crippen LogP contribution >= 0.6 is 43.2 Å². The van der Waals surface area contributed by atoms with E-state index < -0.39 is 24.0 Å². The fraction of sp³-hybridized carbons (Fsp3) is 0.462. The maximum absolute atomic E-state index is 11.8. The SMILES string of the molecule is CC(C)[C@](C)(C#N)NC(=O)COC(=O)c1cc(Br)c(Br)s1. The Bertz CT molecular complexity index is 575. The molecule has 0 fully saturated rings. The van der Waals surface area contributed by atoms with Crippen LogP contribution in [-0.4, -0.2) is 24.0 Å². The first kappa shape index (κ1) is 18.1. The summed E-state index contributed by atoms with van der Waals surface area (Å²) in [6.07, 6.45) is 0. The van der Waals surface area contributed by atoms with Crippen LogP contribution in [0.5, 0.6) is 0 Å². The van der Waals surface area contributed by atoms with Crippen molar-refractivity contribution in [3.05, 3.63) is 19.2 Å². The van der Waals surface area contributed by atoms with Gasteiger partial charge in [-0.3, -0.25) is 4.79 Å². The van der Waals surface area contributed by atoms with Gasteiger partial charge < -0.3 is 10.1 Å². The summed E-state index contributed by atoms with van der Waals surface area (Å²) < 4.78 is 6.46. The highest BCUT2D eigenvalue weighted by atomic mass is 79.9. The summed E-state index contributed by atoms with van der Waals surface area (Å²) in [7, 11) is 0. The van der Waals surface area contributed by atoms with Crippen molar-refractivity contribution in [1.29, 1.82) is 5.26 Å². The highest BCUT2D eigenvalue weighted by Crippen LogP contribution is 2.32. The molecule has 0 saturated carbocycles. The lowest BCUT2D eigenvalue weighted by Gasteiger charge is -2.27. The van der Waals surface area contributed by atoms with E-state index in [0.29, 0.717) is 4.88 Å². The maximum Gasteiger partial charge on any atom is 0.348 e. The van der Waals surface area contributed by atoms with E-state index in [2.05, 4.69) is 43.2 Å². The fourth-order valence-electron chi connectivity index (χ4n) is 1.28. The van der Waals surface area contributed by atoms with E-state index >= 15 is 0 Å². The number of thiophene rings is 1. The van der Waals surface area contributed by atoms with Gasteiger partial charge in [0.25, 0.3) is 5.91 Å². The van der Waals surface area contributed by atoms with Gasteiger partial charge in [-0.2, -0.15) is 5.26 Å². The first-order valence-electron chi connectivity index (χ1n) is 6.04. The van der Waals surface area contributed by atoms with Crippen molar-refractivity contribution in [2.75, 3.05) is 6.61 Å². The van der Waals surface area contributed by atoms with Crippen LogP contribution in [0.3, 0.4) is 0 Å². The molecule has 0 aliphatic rings. The van der Waals surface area contributed by atoms with Crippen molar-refractivity contribution in [1.82, 2.24) is 5.32 Å². The molecule has 5 nitrogen and oxygen atoms in total. The third-order valence-corrected chi connectivity index (χ3v) is 6.20. The number of rotatable bonds is 5. The molecular weight excluding hydrogens is 424 g/mol. The van der Waals surface area contributed by atoms with Crippen molar-refractivity contribution in [3.63, 3.8) is 0 Å².